The van der Waals surface area contributed by atoms with Crippen molar-refractivity contribution < 1.29 is 8.78 Å². The van der Waals surface area contributed by atoms with Gasteiger partial charge in [-0.25, -0.2) is 18.7 Å². The number of aromatic nitrogens is 3. The standard InChI is InChI=1S/C22H16F2N6/c1-12(30-22-17(9-25)21(26)28-11-29-22)18-10-27-19-8-15(24)5-6-16(19)20(18)13-3-2-4-14(23)7-13/h2-8,10-12H,1H3,(H3,26,28,29,30)/t12-/m0/s1. The molecular weight excluding hydrogens is 386 g/mol. The molecule has 0 unspecified atom stereocenters. The maximum atomic E-state index is 14.0. The molecule has 0 aliphatic rings. The van der Waals surface area contributed by atoms with E-state index in [1.807, 2.05) is 13.0 Å². The average Bonchev–Trinajstić information content (AvgIpc) is 2.73. The molecule has 1 atom stereocenters. The molecule has 0 spiro atoms. The molecule has 8 heteroatoms. The minimum absolute atomic E-state index is 0.0691. The third-order valence-electron chi connectivity index (χ3n) is 4.78. The minimum Gasteiger partial charge on any atom is -0.382 e. The number of fused-ring (bicyclic) bond motifs is 1. The third kappa shape index (κ3) is 3.49. The van der Waals surface area contributed by atoms with Crippen LogP contribution in [0.2, 0.25) is 0 Å². The highest BCUT2D eigenvalue weighted by Crippen LogP contribution is 2.36. The fourth-order valence-corrected chi connectivity index (χ4v) is 3.38. The highest BCUT2D eigenvalue weighted by atomic mass is 19.1. The molecular formula is C22H16F2N6. The van der Waals surface area contributed by atoms with Gasteiger partial charge in [-0.15, -0.1) is 0 Å². The number of pyridine rings is 1. The van der Waals surface area contributed by atoms with Gasteiger partial charge in [0.2, 0.25) is 0 Å². The van der Waals surface area contributed by atoms with Gasteiger partial charge in [-0.05, 0) is 42.3 Å². The molecule has 6 nitrogen and oxygen atoms in total. The summed E-state index contributed by atoms with van der Waals surface area (Å²) < 4.78 is 27.7. The van der Waals surface area contributed by atoms with Crippen LogP contribution in [0.5, 0.6) is 0 Å². The lowest BCUT2D eigenvalue weighted by Crippen LogP contribution is -2.12. The van der Waals surface area contributed by atoms with Gasteiger partial charge in [0.15, 0.2) is 0 Å². The molecule has 0 saturated carbocycles. The predicted octanol–water partition coefficient (Wildman–Crippen LogP) is 4.60. The van der Waals surface area contributed by atoms with Gasteiger partial charge in [-0.3, -0.25) is 4.98 Å². The van der Waals surface area contributed by atoms with Gasteiger partial charge < -0.3 is 11.1 Å². The molecule has 148 valence electrons. The smallest absolute Gasteiger partial charge is 0.150 e. The van der Waals surface area contributed by atoms with E-state index in [1.165, 1.54) is 30.6 Å². The lowest BCUT2D eigenvalue weighted by atomic mass is 9.93. The molecule has 0 amide bonds. The molecule has 3 N–H and O–H groups in total. The van der Waals surface area contributed by atoms with Crippen molar-refractivity contribution in [2.45, 2.75) is 13.0 Å². The zero-order valence-corrected chi connectivity index (χ0v) is 15.9. The topological polar surface area (TPSA) is 101 Å². The lowest BCUT2D eigenvalue weighted by molar-refractivity contribution is 0.628. The highest BCUT2D eigenvalue weighted by molar-refractivity contribution is 5.96. The monoisotopic (exact) mass is 402 g/mol. The van der Waals surface area contributed by atoms with Crippen LogP contribution >= 0.6 is 0 Å². The van der Waals surface area contributed by atoms with E-state index >= 15 is 0 Å². The van der Waals surface area contributed by atoms with Crippen LogP contribution in [0.1, 0.15) is 24.1 Å². The van der Waals surface area contributed by atoms with Crippen LogP contribution in [0, 0.1) is 23.0 Å². The highest BCUT2D eigenvalue weighted by Gasteiger charge is 2.19. The number of hydrogen-bond acceptors (Lipinski definition) is 6. The summed E-state index contributed by atoms with van der Waals surface area (Å²) in [6.07, 6.45) is 2.87. The van der Waals surface area contributed by atoms with Gasteiger partial charge in [-0.2, -0.15) is 5.26 Å². The Morgan fingerprint density at radius 2 is 1.87 bits per heavy atom. The van der Waals surface area contributed by atoms with Crippen LogP contribution in [-0.2, 0) is 0 Å². The largest absolute Gasteiger partial charge is 0.382 e. The van der Waals surface area contributed by atoms with Crippen molar-refractivity contribution in [3.05, 3.63) is 77.8 Å². The summed E-state index contributed by atoms with van der Waals surface area (Å²) in [5.74, 6) is -0.447. The van der Waals surface area contributed by atoms with Crippen LogP contribution in [0.15, 0.2) is 55.0 Å². The quantitative estimate of drug-likeness (QED) is 0.518. The van der Waals surface area contributed by atoms with Gasteiger partial charge >= 0.3 is 0 Å². The normalized spacial score (nSPS) is 11.8. The van der Waals surface area contributed by atoms with E-state index in [9.17, 15) is 14.0 Å². The zero-order valence-electron chi connectivity index (χ0n) is 15.9. The van der Waals surface area contributed by atoms with Crippen LogP contribution in [0.4, 0.5) is 20.4 Å². The van der Waals surface area contributed by atoms with Crippen molar-refractivity contribution in [3.63, 3.8) is 0 Å². The van der Waals surface area contributed by atoms with Gasteiger partial charge in [-0.1, -0.05) is 12.1 Å². The molecule has 30 heavy (non-hydrogen) atoms. The van der Waals surface area contributed by atoms with Gasteiger partial charge in [0.05, 0.1) is 11.6 Å². The predicted molar refractivity (Wildman–Crippen MR) is 110 cm³/mol. The minimum atomic E-state index is -0.408. The molecule has 0 saturated heterocycles. The first kappa shape index (κ1) is 19.2. The zero-order chi connectivity index (χ0) is 21.3. The SMILES string of the molecule is C[C@H](Nc1ncnc(N)c1C#N)c1cnc2cc(F)ccc2c1-c1cccc(F)c1. The number of rotatable bonds is 4. The summed E-state index contributed by atoms with van der Waals surface area (Å²) >= 11 is 0. The number of halogens is 2. The summed E-state index contributed by atoms with van der Waals surface area (Å²) in [5, 5.41) is 13.2. The Hall–Kier alpha value is -4.12. The second-order valence-electron chi connectivity index (χ2n) is 6.72. The molecule has 0 radical (unpaired) electrons. The van der Waals surface area contributed by atoms with E-state index in [1.54, 1.807) is 24.4 Å². The van der Waals surface area contributed by atoms with Crippen LogP contribution in [0.3, 0.4) is 0 Å². The number of nitrogens with one attached hydrogen (secondary N) is 1. The number of nitrogen functional groups attached to an aromatic ring is 1. The number of benzene rings is 2. The Kier molecular flexibility index (Phi) is 4.94. The Bertz CT molecular complexity index is 1300. The van der Waals surface area contributed by atoms with Crippen molar-refractivity contribution >= 4 is 22.5 Å². The summed E-state index contributed by atoms with van der Waals surface area (Å²) in [7, 11) is 0. The Morgan fingerprint density at radius 3 is 2.63 bits per heavy atom. The van der Waals surface area contributed by atoms with E-state index < -0.39 is 5.82 Å². The average molecular weight is 402 g/mol. The van der Waals surface area contributed by atoms with Crippen LogP contribution in [0.25, 0.3) is 22.0 Å². The van der Waals surface area contributed by atoms with Crippen molar-refractivity contribution in [3.8, 4) is 17.2 Å². The molecule has 2 aromatic carbocycles. The second-order valence-corrected chi connectivity index (χ2v) is 6.72. The first-order valence-electron chi connectivity index (χ1n) is 9.09. The molecule has 0 bridgehead atoms. The van der Waals surface area contributed by atoms with E-state index in [-0.39, 0.29) is 29.1 Å². The molecule has 4 rings (SSSR count). The maximum Gasteiger partial charge on any atom is 0.150 e. The fraction of sp³-hybridized carbons (Fsp3) is 0.0909. The van der Waals surface area contributed by atoms with Crippen molar-refractivity contribution in [2.75, 3.05) is 11.1 Å². The fourth-order valence-electron chi connectivity index (χ4n) is 3.38. The first-order chi connectivity index (χ1) is 14.5. The number of nitrogens with zero attached hydrogens (tertiary/aromatic N) is 4. The van der Waals surface area contributed by atoms with Gasteiger partial charge in [0.25, 0.3) is 0 Å². The van der Waals surface area contributed by atoms with Gasteiger partial charge in [0, 0.05) is 23.2 Å². The Morgan fingerprint density at radius 1 is 1.07 bits per heavy atom. The molecule has 0 fully saturated rings. The molecule has 2 aromatic heterocycles. The van der Waals surface area contributed by atoms with Crippen molar-refractivity contribution in [1.82, 2.24) is 15.0 Å². The second kappa shape index (κ2) is 7.72. The van der Waals surface area contributed by atoms with Crippen molar-refractivity contribution in [2.24, 2.45) is 0 Å². The molecule has 4 aromatic rings. The summed E-state index contributed by atoms with van der Waals surface area (Å²) in [5.41, 5.74) is 8.41. The number of hydrogen-bond donors (Lipinski definition) is 2. The van der Waals surface area contributed by atoms with Gasteiger partial charge in [0.1, 0.15) is 41.2 Å². The summed E-state index contributed by atoms with van der Waals surface area (Å²) in [4.78, 5) is 12.3. The Balaban J connectivity index is 1.89. The summed E-state index contributed by atoms with van der Waals surface area (Å²) in [6.45, 7) is 1.86. The van der Waals surface area contributed by atoms with E-state index in [0.29, 0.717) is 22.0 Å². The molecule has 0 aliphatic heterocycles. The van der Waals surface area contributed by atoms with Crippen molar-refractivity contribution in [1.29, 1.82) is 5.26 Å². The maximum absolute atomic E-state index is 14.0. The third-order valence-corrected chi connectivity index (χ3v) is 4.78. The summed E-state index contributed by atoms with van der Waals surface area (Å²) in [6, 6.07) is 12.1. The van der Waals surface area contributed by atoms with Crippen LogP contribution in [-0.4, -0.2) is 15.0 Å². The van der Waals surface area contributed by atoms with E-state index in [2.05, 4.69) is 20.3 Å². The van der Waals surface area contributed by atoms with E-state index in [4.69, 9.17) is 5.73 Å². The number of nitriles is 1. The number of nitrogens with two attached hydrogens (primary N) is 1. The number of anilines is 2. The molecule has 0 aliphatic carbocycles. The lowest BCUT2D eigenvalue weighted by Gasteiger charge is -2.21. The first-order valence-corrected chi connectivity index (χ1v) is 9.09. The Labute approximate surface area is 171 Å². The molecule has 2 heterocycles. The van der Waals surface area contributed by atoms with E-state index in [0.717, 1.165) is 5.56 Å². The van der Waals surface area contributed by atoms with Crippen LogP contribution < -0.4 is 11.1 Å².